The summed E-state index contributed by atoms with van der Waals surface area (Å²) < 4.78 is 57.7. The Bertz CT molecular complexity index is 953. The molecule has 27 heavy (non-hydrogen) atoms. The summed E-state index contributed by atoms with van der Waals surface area (Å²) in [6.45, 7) is 1.25. The van der Waals surface area contributed by atoms with Gasteiger partial charge in [0.25, 0.3) is 0 Å². The summed E-state index contributed by atoms with van der Waals surface area (Å²) in [6.07, 6.45) is -3.82. The first kappa shape index (κ1) is 18.3. The van der Waals surface area contributed by atoms with Crippen LogP contribution in [-0.2, 0) is 27.5 Å². The van der Waals surface area contributed by atoms with Gasteiger partial charge in [0.2, 0.25) is 0 Å². The SMILES string of the molecule is O=S(Cc1ncc(C(F)(F)F)c(N2CCOCC2)n1)c1nc2cscc2[nH]1. The molecular formula is C15H14F3N5O2S2. The first-order valence-electron chi connectivity index (χ1n) is 7.98. The van der Waals surface area contributed by atoms with E-state index in [1.807, 2.05) is 10.8 Å². The summed E-state index contributed by atoms with van der Waals surface area (Å²) in [7, 11) is -1.60. The Kier molecular flexibility index (Phi) is 4.86. The molecule has 1 fully saturated rings. The van der Waals surface area contributed by atoms with Gasteiger partial charge in [-0.2, -0.15) is 13.2 Å². The number of morpholine rings is 1. The van der Waals surface area contributed by atoms with Gasteiger partial charge in [-0.05, 0) is 0 Å². The van der Waals surface area contributed by atoms with Gasteiger partial charge in [-0.15, -0.1) is 11.3 Å². The Labute approximate surface area is 158 Å². The number of aromatic amines is 1. The highest BCUT2D eigenvalue weighted by atomic mass is 32.2. The summed E-state index contributed by atoms with van der Waals surface area (Å²) in [4.78, 5) is 16.6. The number of nitrogens with one attached hydrogen (secondary N) is 1. The minimum absolute atomic E-state index is 0.0710. The van der Waals surface area contributed by atoms with Crippen molar-refractivity contribution in [3.8, 4) is 0 Å². The van der Waals surface area contributed by atoms with Crippen LogP contribution in [0, 0.1) is 0 Å². The molecule has 4 rings (SSSR count). The first-order valence-corrected chi connectivity index (χ1v) is 10.2. The van der Waals surface area contributed by atoms with E-state index in [-0.39, 0.29) is 22.6 Å². The maximum Gasteiger partial charge on any atom is 0.421 e. The third kappa shape index (κ3) is 3.82. The Hall–Kier alpha value is -2.05. The maximum absolute atomic E-state index is 13.3. The van der Waals surface area contributed by atoms with E-state index in [9.17, 15) is 17.4 Å². The average molecular weight is 417 g/mol. The lowest BCUT2D eigenvalue weighted by molar-refractivity contribution is -0.137. The smallest absolute Gasteiger partial charge is 0.378 e. The molecule has 1 atom stereocenters. The molecule has 4 heterocycles. The number of rotatable bonds is 4. The van der Waals surface area contributed by atoms with Crippen molar-refractivity contribution in [3.05, 3.63) is 28.3 Å². The number of alkyl halides is 3. The Morgan fingerprint density at radius 2 is 2.04 bits per heavy atom. The second kappa shape index (κ2) is 7.17. The zero-order valence-electron chi connectivity index (χ0n) is 13.8. The van der Waals surface area contributed by atoms with Gasteiger partial charge in [0, 0.05) is 30.0 Å². The van der Waals surface area contributed by atoms with Crippen LogP contribution in [0.2, 0.25) is 0 Å². The molecule has 144 valence electrons. The third-order valence-corrected chi connectivity index (χ3v) is 5.89. The lowest BCUT2D eigenvalue weighted by Crippen LogP contribution is -2.38. The third-order valence-electron chi connectivity index (χ3n) is 4.02. The number of thiophene rings is 1. The molecule has 0 aromatic carbocycles. The quantitative estimate of drug-likeness (QED) is 0.703. The minimum atomic E-state index is -4.57. The fourth-order valence-corrected chi connectivity index (χ4v) is 4.34. The van der Waals surface area contributed by atoms with Crippen LogP contribution in [0.3, 0.4) is 0 Å². The first-order chi connectivity index (χ1) is 12.9. The van der Waals surface area contributed by atoms with Crippen molar-refractivity contribution in [2.24, 2.45) is 0 Å². The maximum atomic E-state index is 13.3. The Balaban J connectivity index is 1.62. The highest BCUT2D eigenvalue weighted by molar-refractivity contribution is 7.84. The van der Waals surface area contributed by atoms with Gasteiger partial charge < -0.3 is 14.6 Å². The van der Waals surface area contributed by atoms with Gasteiger partial charge in [0.05, 0.1) is 35.3 Å². The van der Waals surface area contributed by atoms with Crippen molar-refractivity contribution in [1.29, 1.82) is 0 Å². The lowest BCUT2D eigenvalue weighted by Gasteiger charge is -2.29. The van der Waals surface area contributed by atoms with Gasteiger partial charge in [-0.3, -0.25) is 4.21 Å². The van der Waals surface area contributed by atoms with Crippen molar-refractivity contribution >= 4 is 39.0 Å². The Morgan fingerprint density at radius 1 is 1.26 bits per heavy atom. The van der Waals surface area contributed by atoms with Crippen molar-refractivity contribution in [3.63, 3.8) is 0 Å². The zero-order chi connectivity index (χ0) is 19.0. The predicted octanol–water partition coefficient (Wildman–Crippen LogP) is 2.58. The van der Waals surface area contributed by atoms with Crippen molar-refractivity contribution in [1.82, 2.24) is 19.9 Å². The highest BCUT2D eigenvalue weighted by Crippen LogP contribution is 2.35. The standard InChI is InChI=1S/C15H14F3N5O2S2/c16-15(17,18)9-5-19-12(22-13(9)23-1-3-25-4-2-23)8-27(24)14-20-10-6-26-7-11(10)21-14/h5-7H,1-4,8H2,(H,20,21). The molecule has 0 radical (unpaired) electrons. The number of hydrogen-bond donors (Lipinski definition) is 1. The molecule has 3 aromatic heterocycles. The summed E-state index contributed by atoms with van der Waals surface area (Å²) in [5, 5.41) is 3.91. The molecular weight excluding hydrogens is 403 g/mol. The summed E-state index contributed by atoms with van der Waals surface area (Å²) in [5.74, 6) is -0.260. The van der Waals surface area contributed by atoms with E-state index >= 15 is 0 Å². The number of anilines is 1. The van der Waals surface area contributed by atoms with Crippen LogP contribution in [-0.4, -0.2) is 50.4 Å². The van der Waals surface area contributed by atoms with E-state index in [1.54, 1.807) is 0 Å². The largest absolute Gasteiger partial charge is 0.421 e. The summed E-state index contributed by atoms with van der Waals surface area (Å²) >= 11 is 1.47. The number of fused-ring (bicyclic) bond motifs is 1. The van der Waals surface area contributed by atoms with Crippen LogP contribution in [0.1, 0.15) is 11.4 Å². The van der Waals surface area contributed by atoms with Crippen molar-refractivity contribution in [2.45, 2.75) is 17.1 Å². The van der Waals surface area contributed by atoms with E-state index in [2.05, 4.69) is 19.9 Å². The van der Waals surface area contributed by atoms with E-state index in [0.717, 1.165) is 11.7 Å². The monoisotopic (exact) mass is 417 g/mol. The molecule has 1 N–H and O–H groups in total. The summed E-state index contributed by atoms with van der Waals surface area (Å²) in [6, 6.07) is 0. The highest BCUT2D eigenvalue weighted by Gasteiger charge is 2.37. The molecule has 1 aliphatic heterocycles. The fraction of sp³-hybridized carbons (Fsp3) is 0.400. The molecule has 1 aliphatic rings. The number of halogens is 3. The zero-order valence-corrected chi connectivity index (χ0v) is 15.5. The predicted molar refractivity (Wildman–Crippen MR) is 94.1 cm³/mol. The van der Waals surface area contributed by atoms with Crippen LogP contribution < -0.4 is 4.90 Å². The molecule has 1 unspecified atom stereocenters. The van der Waals surface area contributed by atoms with E-state index in [0.29, 0.717) is 31.8 Å². The van der Waals surface area contributed by atoms with E-state index in [1.165, 1.54) is 16.2 Å². The molecule has 7 nitrogen and oxygen atoms in total. The minimum Gasteiger partial charge on any atom is -0.378 e. The van der Waals surface area contributed by atoms with Gasteiger partial charge in [-0.1, -0.05) is 0 Å². The average Bonchev–Trinajstić information content (AvgIpc) is 3.23. The summed E-state index contributed by atoms with van der Waals surface area (Å²) in [5.41, 5.74) is 0.563. The molecule has 3 aromatic rings. The van der Waals surface area contributed by atoms with Gasteiger partial charge in [0.15, 0.2) is 5.16 Å². The Morgan fingerprint density at radius 3 is 2.74 bits per heavy atom. The second-order valence-corrected chi connectivity index (χ2v) is 7.93. The van der Waals surface area contributed by atoms with Crippen molar-refractivity contribution in [2.75, 3.05) is 31.2 Å². The van der Waals surface area contributed by atoms with Crippen LogP contribution in [0.25, 0.3) is 11.0 Å². The van der Waals surface area contributed by atoms with Crippen LogP contribution >= 0.6 is 11.3 Å². The molecule has 0 spiro atoms. The van der Waals surface area contributed by atoms with Crippen molar-refractivity contribution < 1.29 is 22.1 Å². The molecule has 0 bridgehead atoms. The van der Waals surface area contributed by atoms with Gasteiger partial charge in [0.1, 0.15) is 22.7 Å². The lowest BCUT2D eigenvalue weighted by atomic mass is 10.2. The molecule has 0 aliphatic carbocycles. The van der Waals surface area contributed by atoms with Gasteiger partial charge >= 0.3 is 6.18 Å². The fourth-order valence-electron chi connectivity index (χ4n) is 2.71. The normalized spacial score (nSPS) is 16.8. The number of ether oxygens (including phenoxy) is 1. The molecule has 12 heteroatoms. The van der Waals surface area contributed by atoms with E-state index in [4.69, 9.17) is 4.74 Å². The number of imidazole rings is 1. The van der Waals surface area contributed by atoms with Crippen LogP contribution in [0.5, 0.6) is 0 Å². The number of H-pyrrole nitrogens is 1. The van der Waals surface area contributed by atoms with Gasteiger partial charge in [-0.25, -0.2) is 15.0 Å². The molecule has 0 saturated carbocycles. The van der Waals surface area contributed by atoms with Crippen LogP contribution in [0.15, 0.2) is 22.1 Å². The second-order valence-electron chi connectivity index (χ2n) is 5.82. The number of hydrogen-bond acceptors (Lipinski definition) is 7. The number of aromatic nitrogens is 4. The van der Waals surface area contributed by atoms with E-state index < -0.39 is 22.5 Å². The van der Waals surface area contributed by atoms with Crippen LogP contribution in [0.4, 0.5) is 19.0 Å². The molecule has 1 saturated heterocycles. The molecule has 0 amide bonds. The number of nitrogens with zero attached hydrogens (tertiary/aromatic N) is 4. The topological polar surface area (TPSA) is 84.0 Å².